The van der Waals surface area contributed by atoms with Gasteiger partial charge in [0.25, 0.3) is 20.2 Å². The Morgan fingerprint density at radius 2 is 1.19 bits per heavy atom. The Morgan fingerprint density at radius 3 is 1.62 bits per heavy atom. The van der Waals surface area contributed by atoms with Crippen molar-refractivity contribution in [2.24, 2.45) is 11.8 Å². The number of ether oxygens (including phenoxy) is 1. The van der Waals surface area contributed by atoms with Gasteiger partial charge in [0, 0.05) is 0 Å². The minimum atomic E-state index is -4.40. The summed E-state index contributed by atoms with van der Waals surface area (Å²) in [6.45, 7) is 4.16. The molecule has 0 saturated heterocycles. The smallest absolute Gasteiger partial charge is 0.294 e. The summed E-state index contributed by atoms with van der Waals surface area (Å²) in [4.78, 5) is -0.223. The number of hydrogen-bond acceptors (Lipinski definition) is 5. The van der Waals surface area contributed by atoms with Crippen LogP contribution in [0.3, 0.4) is 0 Å². The lowest BCUT2D eigenvalue weighted by atomic mass is 9.85. The summed E-state index contributed by atoms with van der Waals surface area (Å²) in [6.07, 6.45) is 1.99. The first-order valence-corrected chi connectivity index (χ1v) is 15.1. The Hall–Kier alpha value is -2.56. The zero-order valence-corrected chi connectivity index (χ0v) is 22.5. The fourth-order valence-corrected chi connectivity index (χ4v) is 6.81. The molecule has 7 nitrogen and oxygen atoms in total. The van der Waals surface area contributed by atoms with Gasteiger partial charge in [-0.15, -0.1) is 0 Å². The molecule has 0 radical (unpaired) electrons. The van der Waals surface area contributed by atoms with Crippen molar-refractivity contribution >= 4 is 20.2 Å². The molecule has 0 amide bonds. The number of benzene rings is 3. The van der Waals surface area contributed by atoms with Gasteiger partial charge in [-0.05, 0) is 80.2 Å². The molecule has 37 heavy (non-hydrogen) atoms. The van der Waals surface area contributed by atoms with Gasteiger partial charge >= 0.3 is 0 Å². The van der Waals surface area contributed by atoms with E-state index in [9.17, 15) is 25.9 Å². The van der Waals surface area contributed by atoms with E-state index < -0.39 is 20.2 Å². The van der Waals surface area contributed by atoms with E-state index in [4.69, 9.17) is 4.74 Å². The Balaban J connectivity index is 1.64. The first kappa shape index (κ1) is 27.5. The van der Waals surface area contributed by atoms with E-state index in [1.54, 1.807) is 24.3 Å². The molecule has 0 spiro atoms. The Labute approximate surface area is 219 Å². The van der Waals surface area contributed by atoms with E-state index in [1.165, 1.54) is 12.1 Å². The number of rotatable bonds is 9. The van der Waals surface area contributed by atoms with Crippen molar-refractivity contribution in [2.75, 3.05) is 0 Å². The molecule has 1 saturated carbocycles. The van der Waals surface area contributed by atoms with Gasteiger partial charge in [0.05, 0.1) is 22.5 Å². The molecule has 3 aromatic rings. The fraction of sp³-hybridized carbons (Fsp3) is 0.357. The molecule has 1 fully saturated rings. The van der Waals surface area contributed by atoms with E-state index in [-0.39, 0.29) is 27.7 Å². The third-order valence-corrected chi connectivity index (χ3v) is 8.99. The average Bonchev–Trinajstić information content (AvgIpc) is 3.18. The second kappa shape index (κ2) is 11.0. The molecule has 3 aromatic carbocycles. The van der Waals surface area contributed by atoms with Crippen molar-refractivity contribution in [3.8, 4) is 0 Å². The van der Waals surface area contributed by atoms with Gasteiger partial charge in [0.2, 0.25) is 0 Å². The SMILES string of the molecule is Cc1ccc(S(=O)(=O)O)c(CC2CC(OCc3ccccc3)CC2Cc2cc(C)ccc2S(=O)(=O)O)c1. The standard InChI is InChI=1S/C28H32O7S2/c1-19-8-10-27(36(29,30)31)24(12-19)14-22-16-26(35-18-21-6-4-3-5-7-21)17-23(22)15-25-13-20(2)9-11-28(25)37(32,33)34/h3-13,22-23,26H,14-18H2,1-2H3,(H,29,30,31)(H,32,33,34). The Bertz CT molecular complexity index is 1370. The Morgan fingerprint density at radius 1 is 0.730 bits per heavy atom. The highest BCUT2D eigenvalue weighted by Gasteiger charge is 2.36. The van der Waals surface area contributed by atoms with Gasteiger partial charge in [-0.25, -0.2) is 0 Å². The third-order valence-electron chi connectivity index (χ3n) is 7.08. The molecule has 198 valence electrons. The highest BCUT2D eigenvalue weighted by molar-refractivity contribution is 7.86. The summed E-state index contributed by atoms with van der Waals surface area (Å²) in [5.74, 6) is -0.0596. The van der Waals surface area contributed by atoms with Crippen molar-refractivity contribution in [3.63, 3.8) is 0 Å². The molecule has 0 aliphatic heterocycles. The van der Waals surface area contributed by atoms with Crippen molar-refractivity contribution < 1.29 is 30.7 Å². The van der Waals surface area contributed by atoms with Gasteiger partial charge in [0.15, 0.2) is 0 Å². The van der Waals surface area contributed by atoms with E-state index >= 15 is 0 Å². The van der Waals surface area contributed by atoms with E-state index in [0.717, 1.165) is 16.7 Å². The summed E-state index contributed by atoms with van der Waals surface area (Å²) < 4.78 is 74.1. The zero-order valence-electron chi connectivity index (χ0n) is 20.9. The molecule has 2 N–H and O–H groups in total. The molecular formula is C28H32O7S2. The molecule has 0 aromatic heterocycles. The van der Waals surface area contributed by atoms with Gasteiger partial charge in [0.1, 0.15) is 0 Å². The highest BCUT2D eigenvalue weighted by atomic mass is 32.2. The largest absolute Gasteiger partial charge is 0.374 e. The maximum Gasteiger partial charge on any atom is 0.294 e. The summed E-state index contributed by atoms with van der Waals surface area (Å²) in [7, 11) is -8.81. The van der Waals surface area contributed by atoms with Crippen LogP contribution in [0.2, 0.25) is 0 Å². The quantitative estimate of drug-likeness (QED) is 0.356. The summed E-state index contributed by atoms with van der Waals surface area (Å²) >= 11 is 0. The van der Waals surface area contributed by atoms with Gasteiger partial charge in [-0.1, -0.05) is 65.7 Å². The van der Waals surface area contributed by atoms with Crippen molar-refractivity contribution in [1.29, 1.82) is 0 Å². The molecule has 0 heterocycles. The van der Waals surface area contributed by atoms with Gasteiger partial charge in [-0.2, -0.15) is 16.8 Å². The molecule has 1 aliphatic rings. The molecule has 2 unspecified atom stereocenters. The van der Waals surface area contributed by atoms with Crippen molar-refractivity contribution in [2.45, 2.75) is 62.0 Å². The lowest BCUT2D eigenvalue weighted by molar-refractivity contribution is 0.0413. The molecule has 1 aliphatic carbocycles. The van der Waals surface area contributed by atoms with E-state index in [2.05, 4.69) is 0 Å². The highest BCUT2D eigenvalue weighted by Crippen LogP contribution is 2.40. The first-order valence-electron chi connectivity index (χ1n) is 12.2. The normalized spacial score (nSPS) is 20.3. The minimum absolute atomic E-state index is 0.0298. The lowest BCUT2D eigenvalue weighted by Gasteiger charge is -2.22. The van der Waals surface area contributed by atoms with Crippen LogP contribution in [-0.4, -0.2) is 32.0 Å². The molecule has 4 rings (SSSR count). The second-order valence-electron chi connectivity index (χ2n) is 9.99. The van der Waals surface area contributed by atoms with Crippen LogP contribution in [0.15, 0.2) is 76.5 Å². The van der Waals surface area contributed by atoms with Crippen LogP contribution < -0.4 is 0 Å². The lowest BCUT2D eigenvalue weighted by Crippen LogP contribution is -2.17. The zero-order chi connectivity index (χ0) is 26.8. The molecule has 9 heteroatoms. The monoisotopic (exact) mass is 544 g/mol. The van der Waals surface area contributed by atoms with Crippen LogP contribution in [0.4, 0.5) is 0 Å². The van der Waals surface area contributed by atoms with Crippen LogP contribution in [0, 0.1) is 25.7 Å². The topological polar surface area (TPSA) is 118 Å². The molecule has 0 bridgehead atoms. The molecule has 2 atom stereocenters. The number of aryl methyl sites for hydroxylation is 2. The number of hydrogen-bond donors (Lipinski definition) is 2. The van der Waals surface area contributed by atoms with Crippen LogP contribution in [0.25, 0.3) is 0 Å². The first-order chi connectivity index (χ1) is 17.4. The van der Waals surface area contributed by atoms with E-state index in [0.29, 0.717) is 43.4 Å². The van der Waals surface area contributed by atoms with Gasteiger partial charge < -0.3 is 4.74 Å². The third kappa shape index (κ3) is 7.06. The summed E-state index contributed by atoms with van der Waals surface area (Å²) in [6, 6.07) is 19.5. The minimum Gasteiger partial charge on any atom is -0.374 e. The summed E-state index contributed by atoms with van der Waals surface area (Å²) in [5.41, 5.74) is 3.85. The van der Waals surface area contributed by atoms with Crippen molar-refractivity contribution in [1.82, 2.24) is 0 Å². The van der Waals surface area contributed by atoms with Crippen LogP contribution in [0.1, 0.15) is 40.7 Å². The van der Waals surface area contributed by atoms with Gasteiger partial charge in [-0.3, -0.25) is 9.11 Å². The molecular weight excluding hydrogens is 512 g/mol. The van der Waals surface area contributed by atoms with Crippen LogP contribution in [0.5, 0.6) is 0 Å². The Kier molecular flexibility index (Phi) is 8.20. The predicted octanol–water partition coefficient (Wildman–Crippen LogP) is 5.19. The van der Waals surface area contributed by atoms with Crippen LogP contribution in [-0.2, 0) is 44.4 Å². The van der Waals surface area contributed by atoms with E-state index in [1.807, 2.05) is 44.2 Å². The summed E-state index contributed by atoms with van der Waals surface area (Å²) in [5, 5.41) is 0. The maximum atomic E-state index is 12.1. The predicted molar refractivity (Wildman–Crippen MR) is 141 cm³/mol. The second-order valence-corrected chi connectivity index (χ2v) is 12.8. The van der Waals surface area contributed by atoms with Crippen molar-refractivity contribution in [3.05, 3.63) is 94.5 Å². The fourth-order valence-electron chi connectivity index (χ4n) is 5.38. The average molecular weight is 545 g/mol. The maximum absolute atomic E-state index is 12.1. The van der Waals surface area contributed by atoms with Crippen LogP contribution >= 0.6 is 0 Å².